The lowest BCUT2D eigenvalue weighted by atomic mass is 10.0. The Morgan fingerprint density at radius 2 is 1.84 bits per heavy atom. The molecule has 1 heterocycles. The zero-order valence-corrected chi connectivity index (χ0v) is 13.1. The van der Waals surface area contributed by atoms with Gasteiger partial charge in [-0.15, -0.1) is 0 Å². The fourth-order valence-electron chi connectivity index (χ4n) is 2.95. The fourth-order valence-corrected chi connectivity index (χ4v) is 5.10. The van der Waals surface area contributed by atoms with Crippen molar-refractivity contribution in [2.24, 2.45) is 5.84 Å². The minimum atomic E-state index is -2.93. The number of nitrogens with two attached hydrogens (primary N) is 1. The molecule has 0 aromatic heterocycles. The van der Waals surface area contributed by atoms with E-state index in [0.29, 0.717) is 5.75 Å². The summed E-state index contributed by atoms with van der Waals surface area (Å²) in [5, 5.41) is -0.262. The number of sulfone groups is 1. The van der Waals surface area contributed by atoms with Gasteiger partial charge in [-0.05, 0) is 19.3 Å². The van der Waals surface area contributed by atoms with E-state index in [9.17, 15) is 8.42 Å². The molecule has 0 radical (unpaired) electrons. The molecule has 0 saturated carbocycles. The Morgan fingerprint density at radius 1 is 1.16 bits per heavy atom. The minimum Gasteiger partial charge on any atom is -0.271 e. The van der Waals surface area contributed by atoms with Gasteiger partial charge in [0, 0.05) is 6.04 Å². The van der Waals surface area contributed by atoms with E-state index in [1.165, 1.54) is 32.1 Å². The number of hydrogen-bond donors (Lipinski definition) is 2. The van der Waals surface area contributed by atoms with Gasteiger partial charge in [-0.2, -0.15) is 0 Å². The molecule has 2 atom stereocenters. The van der Waals surface area contributed by atoms with E-state index in [1.807, 2.05) is 0 Å². The van der Waals surface area contributed by atoms with Gasteiger partial charge in [-0.1, -0.05) is 51.9 Å². The van der Waals surface area contributed by atoms with Crippen LogP contribution in [-0.2, 0) is 9.84 Å². The van der Waals surface area contributed by atoms with Crippen LogP contribution >= 0.6 is 0 Å². The molecular weight excluding hydrogens is 260 g/mol. The van der Waals surface area contributed by atoms with Crippen molar-refractivity contribution in [1.82, 2.24) is 5.43 Å². The summed E-state index contributed by atoms with van der Waals surface area (Å²) in [5.74, 6) is 5.91. The molecule has 1 aliphatic heterocycles. The first-order valence-corrected chi connectivity index (χ1v) is 9.51. The first-order valence-electron chi connectivity index (χ1n) is 7.79. The highest BCUT2D eigenvalue weighted by Crippen LogP contribution is 2.24. The van der Waals surface area contributed by atoms with Gasteiger partial charge in [-0.25, -0.2) is 8.42 Å². The summed E-state index contributed by atoms with van der Waals surface area (Å²) in [6.45, 7) is 2.21. The van der Waals surface area contributed by atoms with E-state index in [0.717, 1.165) is 32.1 Å². The zero-order valence-electron chi connectivity index (χ0n) is 12.2. The van der Waals surface area contributed by atoms with Crippen LogP contribution in [0.25, 0.3) is 0 Å². The van der Waals surface area contributed by atoms with Crippen molar-refractivity contribution in [3.05, 3.63) is 0 Å². The Kier molecular flexibility index (Phi) is 7.95. The highest BCUT2D eigenvalue weighted by Gasteiger charge is 2.34. The van der Waals surface area contributed by atoms with E-state index >= 15 is 0 Å². The Balaban J connectivity index is 2.32. The van der Waals surface area contributed by atoms with Crippen molar-refractivity contribution in [2.45, 2.75) is 82.4 Å². The molecule has 2 unspecified atom stereocenters. The third kappa shape index (κ3) is 5.79. The van der Waals surface area contributed by atoms with Crippen LogP contribution in [0.3, 0.4) is 0 Å². The molecular formula is C14H30N2O2S. The smallest absolute Gasteiger partial charge is 0.154 e. The maximum Gasteiger partial charge on any atom is 0.154 e. The second kappa shape index (κ2) is 8.93. The molecule has 1 rings (SSSR count). The highest BCUT2D eigenvalue weighted by atomic mass is 32.2. The predicted molar refractivity (Wildman–Crippen MR) is 80.5 cm³/mol. The van der Waals surface area contributed by atoms with Crippen LogP contribution in [-0.4, -0.2) is 25.5 Å². The van der Waals surface area contributed by atoms with Crippen molar-refractivity contribution in [3.63, 3.8) is 0 Å². The zero-order chi connectivity index (χ0) is 14.1. The van der Waals surface area contributed by atoms with Gasteiger partial charge in [0.2, 0.25) is 0 Å². The van der Waals surface area contributed by atoms with Gasteiger partial charge in [0.05, 0.1) is 11.0 Å². The maximum atomic E-state index is 12.1. The van der Waals surface area contributed by atoms with Gasteiger partial charge in [0.1, 0.15) is 0 Å². The van der Waals surface area contributed by atoms with Crippen LogP contribution in [0.4, 0.5) is 0 Å². The summed E-state index contributed by atoms with van der Waals surface area (Å²) in [6, 6.07) is -0.0588. The summed E-state index contributed by atoms with van der Waals surface area (Å²) in [7, 11) is -2.93. The lowest BCUT2D eigenvalue weighted by molar-refractivity contribution is 0.408. The fraction of sp³-hybridized carbons (Fsp3) is 1.00. The average Bonchev–Trinajstić information content (AvgIpc) is 2.39. The molecule has 0 bridgehead atoms. The Bertz CT molecular complexity index is 330. The highest BCUT2D eigenvalue weighted by molar-refractivity contribution is 7.92. The van der Waals surface area contributed by atoms with E-state index < -0.39 is 9.84 Å². The van der Waals surface area contributed by atoms with Gasteiger partial charge in [0.25, 0.3) is 0 Å². The van der Waals surface area contributed by atoms with Crippen molar-refractivity contribution >= 4 is 9.84 Å². The van der Waals surface area contributed by atoms with E-state index in [1.54, 1.807) is 0 Å². The van der Waals surface area contributed by atoms with Crippen molar-refractivity contribution < 1.29 is 8.42 Å². The molecule has 114 valence electrons. The Labute approximate surface area is 118 Å². The summed E-state index contributed by atoms with van der Waals surface area (Å²) in [5.41, 5.74) is 2.75. The lowest BCUT2D eigenvalue weighted by Gasteiger charge is -2.29. The number of rotatable bonds is 9. The van der Waals surface area contributed by atoms with Gasteiger partial charge < -0.3 is 0 Å². The maximum absolute atomic E-state index is 12.1. The second-order valence-electron chi connectivity index (χ2n) is 5.73. The minimum absolute atomic E-state index is 0.0588. The number of hydrazine groups is 1. The van der Waals surface area contributed by atoms with Crippen LogP contribution in [0.2, 0.25) is 0 Å². The standard InChI is InChI=1S/C14H30N2O2S/c1-2-3-4-5-6-7-10-13(16-15)14-11-8-9-12-19(14,17)18/h13-14,16H,2-12,15H2,1H3. The average molecular weight is 290 g/mol. The number of hydrogen-bond acceptors (Lipinski definition) is 4. The Morgan fingerprint density at radius 3 is 2.47 bits per heavy atom. The normalized spacial score (nSPS) is 24.2. The third-order valence-electron chi connectivity index (χ3n) is 4.16. The summed E-state index contributed by atoms with van der Waals surface area (Å²) >= 11 is 0. The summed E-state index contributed by atoms with van der Waals surface area (Å²) in [6.07, 6.45) is 10.8. The van der Waals surface area contributed by atoms with E-state index in [-0.39, 0.29) is 11.3 Å². The number of nitrogens with one attached hydrogen (secondary N) is 1. The van der Waals surface area contributed by atoms with E-state index in [2.05, 4.69) is 12.3 Å². The van der Waals surface area contributed by atoms with Crippen molar-refractivity contribution in [2.75, 3.05) is 5.75 Å². The molecule has 19 heavy (non-hydrogen) atoms. The quantitative estimate of drug-likeness (QED) is 0.389. The molecule has 0 amide bonds. The molecule has 5 heteroatoms. The van der Waals surface area contributed by atoms with Crippen LogP contribution < -0.4 is 11.3 Å². The van der Waals surface area contributed by atoms with Gasteiger partial charge in [0.15, 0.2) is 9.84 Å². The molecule has 0 spiro atoms. The van der Waals surface area contributed by atoms with Crippen molar-refractivity contribution in [3.8, 4) is 0 Å². The lowest BCUT2D eigenvalue weighted by Crippen LogP contribution is -2.49. The Hall–Kier alpha value is -0.130. The van der Waals surface area contributed by atoms with Crippen molar-refractivity contribution in [1.29, 1.82) is 0 Å². The molecule has 1 fully saturated rings. The summed E-state index contributed by atoms with van der Waals surface area (Å²) < 4.78 is 24.1. The molecule has 0 aromatic carbocycles. The van der Waals surface area contributed by atoms with Gasteiger partial charge >= 0.3 is 0 Å². The molecule has 0 aliphatic carbocycles. The van der Waals surface area contributed by atoms with Crippen LogP contribution in [0.1, 0.15) is 71.1 Å². The largest absolute Gasteiger partial charge is 0.271 e. The van der Waals surface area contributed by atoms with Crippen LogP contribution in [0.5, 0.6) is 0 Å². The molecule has 3 N–H and O–H groups in total. The first-order chi connectivity index (χ1) is 9.11. The summed E-state index contributed by atoms with van der Waals surface area (Å²) in [4.78, 5) is 0. The predicted octanol–water partition coefficient (Wildman–Crippen LogP) is 2.54. The SMILES string of the molecule is CCCCCCCCC(NN)C1CCCCS1(=O)=O. The first kappa shape index (κ1) is 16.9. The molecule has 1 saturated heterocycles. The topological polar surface area (TPSA) is 72.2 Å². The molecule has 0 aromatic rings. The van der Waals surface area contributed by atoms with Gasteiger partial charge in [-0.3, -0.25) is 11.3 Å². The second-order valence-corrected chi connectivity index (χ2v) is 8.07. The monoisotopic (exact) mass is 290 g/mol. The molecule has 1 aliphatic rings. The molecule has 4 nitrogen and oxygen atoms in total. The van der Waals surface area contributed by atoms with Crippen LogP contribution in [0, 0.1) is 0 Å². The van der Waals surface area contributed by atoms with Crippen LogP contribution in [0.15, 0.2) is 0 Å². The third-order valence-corrected chi connectivity index (χ3v) is 6.50. The number of unbranched alkanes of at least 4 members (excludes halogenated alkanes) is 5. The van der Waals surface area contributed by atoms with E-state index in [4.69, 9.17) is 5.84 Å².